The lowest BCUT2D eigenvalue weighted by Gasteiger charge is -2.16. The molecule has 1 saturated heterocycles. The van der Waals surface area contributed by atoms with Crippen molar-refractivity contribution in [3.8, 4) is 27.2 Å². The van der Waals surface area contributed by atoms with E-state index in [2.05, 4.69) is 45.4 Å². The Morgan fingerprint density at radius 3 is 2.32 bits per heavy atom. The maximum Gasteiger partial charge on any atom is 0.227 e. The van der Waals surface area contributed by atoms with Gasteiger partial charge in [0.25, 0.3) is 0 Å². The molecule has 1 aliphatic rings. The molecule has 0 aliphatic carbocycles. The number of halogens is 1. The Labute approximate surface area is 267 Å². The third-order valence-corrected chi connectivity index (χ3v) is 8.69. The number of aryl methyl sites for hydroxylation is 1. The van der Waals surface area contributed by atoms with E-state index in [1.165, 1.54) is 24.2 Å². The number of nitrogens with one attached hydrogen (secondary N) is 2. The summed E-state index contributed by atoms with van der Waals surface area (Å²) in [6.07, 6.45) is 9.54. The first-order valence-electron chi connectivity index (χ1n) is 13.9. The van der Waals surface area contributed by atoms with E-state index in [9.17, 15) is 5.11 Å². The molecular formula is C31H28ClN9OS2. The van der Waals surface area contributed by atoms with Crippen molar-refractivity contribution in [1.29, 1.82) is 0 Å². The summed E-state index contributed by atoms with van der Waals surface area (Å²) >= 11 is 8.87. The standard InChI is InChI=1S/C16H16N6S.C15H12ClN3OS/c1-2-9-22(8-1)14-4-3-12(11-19-14)20-16-18-6-5-13(21-16)15-17-7-10-23-15;1-9-14(20)19-15(21-9)10-6-7-17-13(8-10)18-12-4-2-11(16)3-5-12/h3-7,10-11H,1-2,8-9H2,(H,18,20,21);2-8,20H,1H3,(H,17,18). The summed E-state index contributed by atoms with van der Waals surface area (Å²) in [5, 5.41) is 20.3. The monoisotopic (exact) mass is 641 g/mol. The number of nitrogens with zero attached hydrogens (tertiary/aromatic N) is 7. The van der Waals surface area contributed by atoms with Gasteiger partial charge in [-0.15, -0.1) is 22.7 Å². The molecule has 44 heavy (non-hydrogen) atoms. The fourth-order valence-corrected chi connectivity index (χ4v) is 5.97. The summed E-state index contributed by atoms with van der Waals surface area (Å²) in [7, 11) is 0. The quantitative estimate of drug-likeness (QED) is 0.158. The molecule has 6 heterocycles. The minimum atomic E-state index is 0.0824. The number of benzene rings is 1. The Morgan fingerprint density at radius 2 is 1.61 bits per heavy atom. The fraction of sp³-hybridized carbons (Fsp3) is 0.161. The lowest BCUT2D eigenvalue weighted by atomic mass is 10.2. The smallest absolute Gasteiger partial charge is 0.227 e. The molecule has 1 fully saturated rings. The molecule has 0 radical (unpaired) electrons. The average molecular weight is 642 g/mol. The fourth-order valence-electron chi connectivity index (χ4n) is 4.44. The highest BCUT2D eigenvalue weighted by atomic mass is 35.5. The van der Waals surface area contributed by atoms with Gasteiger partial charge in [0.15, 0.2) is 0 Å². The number of pyridine rings is 2. The van der Waals surface area contributed by atoms with E-state index in [1.54, 1.807) is 29.9 Å². The molecule has 7 rings (SSSR count). The van der Waals surface area contributed by atoms with Gasteiger partial charge in [0, 0.05) is 53.3 Å². The number of aromatic nitrogens is 6. The van der Waals surface area contributed by atoms with Crippen LogP contribution in [0.5, 0.6) is 5.88 Å². The van der Waals surface area contributed by atoms with E-state index >= 15 is 0 Å². The van der Waals surface area contributed by atoms with E-state index in [1.807, 2.05) is 73.1 Å². The van der Waals surface area contributed by atoms with Gasteiger partial charge in [0.05, 0.1) is 16.8 Å². The zero-order valence-corrected chi connectivity index (χ0v) is 26.1. The van der Waals surface area contributed by atoms with Crippen molar-refractivity contribution in [3.05, 3.63) is 94.7 Å². The molecule has 1 aromatic carbocycles. The predicted octanol–water partition coefficient (Wildman–Crippen LogP) is 7.96. The molecule has 10 nitrogen and oxygen atoms in total. The summed E-state index contributed by atoms with van der Waals surface area (Å²) < 4.78 is 0. The normalized spacial score (nSPS) is 12.5. The van der Waals surface area contributed by atoms with E-state index in [0.717, 1.165) is 56.4 Å². The summed E-state index contributed by atoms with van der Waals surface area (Å²) in [6, 6.07) is 17.1. The van der Waals surface area contributed by atoms with Crippen LogP contribution < -0.4 is 15.5 Å². The molecule has 6 aromatic rings. The maximum absolute atomic E-state index is 9.59. The second-order valence-electron chi connectivity index (χ2n) is 9.79. The largest absolute Gasteiger partial charge is 0.492 e. The minimum Gasteiger partial charge on any atom is -0.492 e. The second kappa shape index (κ2) is 13.8. The van der Waals surface area contributed by atoms with Crippen molar-refractivity contribution in [3.63, 3.8) is 0 Å². The maximum atomic E-state index is 9.59. The zero-order chi connectivity index (χ0) is 30.3. The molecule has 3 N–H and O–H groups in total. The summed E-state index contributed by atoms with van der Waals surface area (Å²) in [5.74, 6) is 2.38. The van der Waals surface area contributed by atoms with Gasteiger partial charge < -0.3 is 20.6 Å². The van der Waals surface area contributed by atoms with Gasteiger partial charge in [-0.2, -0.15) is 0 Å². The third kappa shape index (κ3) is 7.46. The van der Waals surface area contributed by atoms with Crippen molar-refractivity contribution in [1.82, 2.24) is 29.9 Å². The molecule has 13 heteroatoms. The van der Waals surface area contributed by atoms with Gasteiger partial charge >= 0.3 is 0 Å². The third-order valence-electron chi connectivity index (χ3n) is 6.64. The van der Waals surface area contributed by atoms with Gasteiger partial charge in [-0.1, -0.05) is 11.6 Å². The van der Waals surface area contributed by atoms with Crippen LogP contribution in [0.25, 0.3) is 21.3 Å². The predicted molar refractivity (Wildman–Crippen MR) is 179 cm³/mol. The Morgan fingerprint density at radius 1 is 0.818 bits per heavy atom. The van der Waals surface area contributed by atoms with Gasteiger partial charge in [-0.05, 0) is 74.4 Å². The van der Waals surface area contributed by atoms with Crippen LogP contribution in [-0.2, 0) is 0 Å². The lowest BCUT2D eigenvalue weighted by Crippen LogP contribution is -2.18. The van der Waals surface area contributed by atoms with E-state index < -0.39 is 0 Å². The average Bonchev–Trinajstić information content (AvgIpc) is 3.84. The molecule has 0 saturated carbocycles. The molecule has 0 unspecified atom stereocenters. The molecule has 0 bridgehead atoms. The summed E-state index contributed by atoms with van der Waals surface area (Å²) in [5.41, 5.74) is 3.51. The van der Waals surface area contributed by atoms with E-state index in [0.29, 0.717) is 16.8 Å². The van der Waals surface area contributed by atoms with E-state index in [4.69, 9.17) is 11.6 Å². The Kier molecular flexibility index (Phi) is 9.20. The highest BCUT2D eigenvalue weighted by Crippen LogP contribution is 2.32. The molecular weight excluding hydrogens is 614 g/mol. The summed E-state index contributed by atoms with van der Waals surface area (Å²) in [4.78, 5) is 29.1. The number of aromatic hydroxyl groups is 1. The van der Waals surface area contributed by atoms with Gasteiger partial charge in [-0.3, -0.25) is 0 Å². The van der Waals surface area contributed by atoms with Gasteiger partial charge in [0.1, 0.15) is 27.3 Å². The van der Waals surface area contributed by atoms with Crippen LogP contribution in [0.1, 0.15) is 17.7 Å². The molecule has 5 aromatic heterocycles. The Bertz CT molecular complexity index is 1790. The first kappa shape index (κ1) is 29.4. The SMILES string of the molecule is Cc1sc(-c2ccnc(Nc3ccc(Cl)cc3)c2)nc1O.c1cc(-c2nccs2)nc(Nc2ccc(N3CCCC3)nc2)n1. The van der Waals surface area contributed by atoms with Gasteiger partial charge in [0.2, 0.25) is 11.8 Å². The van der Waals surface area contributed by atoms with Crippen LogP contribution in [0.4, 0.5) is 29.0 Å². The van der Waals surface area contributed by atoms with Crippen LogP contribution in [-0.4, -0.2) is 48.1 Å². The van der Waals surface area contributed by atoms with Crippen LogP contribution in [0, 0.1) is 6.92 Å². The first-order valence-corrected chi connectivity index (χ1v) is 15.9. The topological polar surface area (TPSA) is 125 Å². The number of hydrogen-bond donors (Lipinski definition) is 3. The molecule has 1 aliphatic heterocycles. The van der Waals surface area contributed by atoms with Crippen molar-refractivity contribution >= 4 is 63.2 Å². The van der Waals surface area contributed by atoms with Crippen molar-refractivity contribution < 1.29 is 5.11 Å². The van der Waals surface area contributed by atoms with Crippen molar-refractivity contribution in [2.45, 2.75) is 19.8 Å². The highest BCUT2D eigenvalue weighted by Gasteiger charge is 2.13. The molecule has 0 spiro atoms. The van der Waals surface area contributed by atoms with Crippen LogP contribution in [0.15, 0.2) is 84.8 Å². The number of hydrogen-bond acceptors (Lipinski definition) is 12. The van der Waals surface area contributed by atoms with Crippen LogP contribution >= 0.6 is 34.3 Å². The number of thiazole rings is 2. The molecule has 0 atom stereocenters. The Hall–Kier alpha value is -4.65. The Balaban J connectivity index is 0.000000157. The van der Waals surface area contributed by atoms with Gasteiger partial charge in [-0.25, -0.2) is 29.9 Å². The van der Waals surface area contributed by atoms with Crippen LogP contribution in [0.3, 0.4) is 0 Å². The molecule has 0 amide bonds. The van der Waals surface area contributed by atoms with E-state index in [-0.39, 0.29) is 5.88 Å². The zero-order valence-electron chi connectivity index (χ0n) is 23.7. The highest BCUT2D eigenvalue weighted by molar-refractivity contribution is 7.15. The van der Waals surface area contributed by atoms with Crippen molar-refractivity contribution in [2.24, 2.45) is 0 Å². The number of rotatable bonds is 7. The van der Waals surface area contributed by atoms with Crippen LogP contribution in [0.2, 0.25) is 5.02 Å². The second-order valence-corrected chi connectivity index (χ2v) is 12.3. The lowest BCUT2D eigenvalue weighted by molar-refractivity contribution is 0.454. The first-order chi connectivity index (χ1) is 21.5. The minimum absolute atomic E-state index is 0.0824. The summed E-state index contributed by atoms with van der Waals surface area (Å²) in [6.45, 7) is 4.03. The molecule has 222 valence electrons. The number of anilines is 5. The van der Waals surface area contributed by atoms with Crippen molar-refractivity contribution in [2.75, 3.05) is 28.6 Å².